The van der Waals surface area contributed by atoms with E-state index in [2.05, 4.69) is 0 Å². The largest absolute Gasteiger partial charge is 0.251 e. The summed E-state index contributed by atoms with van der Waals surface area (Å²) >= 11 is 0. The molecule has 58 valence electrons. The van der Waals surface area contributed by atoms with Crippen molar-refractivity contribution in [2.45, 2.75) is 27.2 Å². The Hall–Kier alpha value is -0.140. The summed E-state index contributed by atoms with van der Waals surface area (Å²) in [5, 5.41) is 0. The molecule has 0 rings (SSSR count). The molecule has 0 aliphatic rings. The smallest absolute Gasteiger partial charge is 0.0919 e. The van der Waals surface area contributed by atoms with Crippen molar-refractivity contribution >= 4 is 0 Å². The highest BCUT2D eigenvalue weighted by Crippen LogP contribution is 1.98. The summed E-state index contributed by atoms with van der Waals surface area (Å²) < 4.78 is 21.7. The average Bonchev–Trinajstić information content (AvgIpc) is 1.88. The van der Waals surface area contributed by atoms with E-state index in [9.17, 15) is 8.78 Å². The number of hydrogen-bond acceptors (Lipinski definition) is 0. The first-order chi connectivity index (χ1) is 4.22. The molecule has 1 unspecified atom stereocenters. The Morgan fingerprint density at radius 3 is 1.56 bits per heavy atom. The maximum absolute atomic E-state index is 11.4. The second kappa shape index (κ2) is 10.8. The van der Waals surface area contributed by atoms with Gasteiger partial charge in [-0.05, 0) is 12.8 Å². The van der Waals surface area contributed by atoms with E-state index in [1.807, 2.05) is 13.8 Å². The van der Waals surface area contributed by atoms with Gasteiger partial charge in [-0.2, -0.15) is 0 Å². The molecule has 0 saturated carbocycles. The van der Waals surface area contributed by atoms with Gasteiger partial charge in [-0.3, -0.25) is 8.78 Å². The third kappa shape index (κ3) is 18.1. The Bertz CT molecular complexity index is 33.9. The van der Waals surface area contributed by atoms with E-state index in [0.29, 0.717) is 0 Å². The molecule has 0 amide bonds. The molecule has 2 heteroatoms. The van der Waals surface area contributed by atoms with Crippen LogP contribution in [0, 0.1) is 5.92 Å². The summed E-state index contributed by atoms with van der Waals surface area (Å²) in [7, 11) is 0. The van der Waals surface area contributed by atoms with E-state index in [4.69, 9.17) is 0 Å². The Kier molecular flexibility index (Phi) is 13.9. The van der Waals surface area contributed by atoms with Crippen LogP contribution in [0.4, 0.5) is 8.78 Å². The Labute approximate surface area is 56.3 Å². The lowest BCUT2D eigenvalue weighted by Crippen LogP contribution is -1.91. The topological polar surface area (TPSA) is 0 Å². The molecule has 0 spiro atoms. The van der Waals surface area contributed by atoms with Crippen LogP contribution in [0.2, 0.25) is 0 Å². The van der Waals surface area contributed by atoms with Gasteiger partial charge in [-0.25, -0.2) is 0 Å². The molecule has 0 radical (unpaired) electrons. The summed E-state index contributed by atoms with van der Waals surface area (Å²) in [5.74, 6) is 0.269. The van der Waals surface area contributed by atoms with Crippen LogP contribution in [-0.4, -0.2) is 13.3 Å². The quantitative estimate of drug-likeness (QED) is 0.550. The van der Waals surface area contributed by atoms with E-state index in [-0.39, 0.29) is 19.3 Å². The molecule has 0 aromatic heterocycles. The predicted octanol–water partition coefficient (Wildman–Crippen LogP) is 2.98. The van der Waals surface area contributed by atoms with Crippen LogP contribution in [0.5, 0.6) is 0 Å². The predicted molar refractivity (Wildman–Crippen MR) is 37.1 cm³/mol. The maximum Gasteiger partial charge on any atom is 0.0919 e. The summed E-state index contributed by atoms with van der Waals surface area (Å²) in [4.78, 5) is 0. The van der Waals surface area contributed by atoms with Crippen LogP contribution in [0.1, 0.15) is 27.2 Å². The summed E-state index contributed by atoms with van der Waals surface area (Å²) in [6.07, 6.45) is 0.955. The Morgan fingerprint density at radius 1 is 1.22 bits per heavy atom. The SMILES string of the molecule is CCC(C)CF.CCF. The van der Waals surface area contributed by atoms with Crippen LogP contribution < -0.4 is 0 Å². The Balaban J connectivity index is 0. The van der Waals surface area contributed by atoms with Gasteiger partial charge >= 0.3 is 0 Å². The lowest BCUT2D eigenvalue weighted by molar-refractivity contribution is 0.375. The van der Waals surface area contributed by atoms with Crippen LogP contribution in [-0.2, 0) is 0 Å². The maximum atomic E-state index is 11.4. The molecule has 0 aliphatic carbocycles. The molecule has 0 bridgehead atoms. The normalized spacial score (nSPS) is 11.7. The highest BCUT2D eigenvalue weighted by molar-refractivity contribution is 4.42. The van der Waals surface area contributed by atoms with Crippen molar-refractivity contribution in [3.63, 3.8) is 0 Å². The van der Waals surface area contributed by atoms with E-state index < -0.39 is 0 Å². The molecule has 0 heterocycles. The highest BCUT2D eigenvalue weighted by Gasteiger charge is 1.92. The lowest BCUT2D eigenvalue weighted by Gasteiger charge is -1.95. The fourth-order valence-corrected chi connectivity index (χ4v) is 0.109. The minimum absolute atomic E-state index is 0.170. The van der Waals surface area contributed by atoms with E-state index >= 15 is 0 Å². The fraction of sp³-hybridized carbons (Fsp3) is 1.00. The van der Waals surface area contributed by atoms with Crippen molar-refractivity contribution in [2.24, 2.45) is 5.92 Å². The standard InChI is InChI=1S/C5H11F.C2H5F/c1-3-5(2)4-6;1-2-3/h5H,3-4H2,1-2H3;2H2,1H3. The molecule has 0 aromatic rings. The first kappa shape index (κ1) is 11.6. The first-order valence-electron chi connectivity index (χ1n) is 3.34. The van der Waals surface area contributed by atoms with Gasteiger partial charge in [0, 0.05) is 0 Å². The van der Waals surface area contributed by atoms with Crippen molar-refractivity contribution in [3.05, 3.63) is 0 Å². The van der Waals surface area contributed by atoms with Crippen LogP contribution in [0.15, 0.2) is 0 Å². The zero-order valence-corrected chi connectivity index (χ0v) is 6.45. The second-order valence-corrected chi connectivity index (χ2v) is 1.93. The highest BCUT2D eigenvalue weighted by atomic mass is 19.1. The number of halogens is 2. The van der Waals surface area contributed by atoms with Gasteiger partial charge in [0.1, 0.15) is 0 Å². The van der Waals surface area contributed by atoms with Crippen LogP contribution in [0.25, 0.3) is 0 Å². The van der Waals surface area contributed by atoms with Gasteiger partial charge in [-0.15, -0.1) is 0 Å². The van der Waals surface area contributed by atoms with Crippen LogP contribution in [0.3, 0.4) is 0 Å². The second-order valence-electron chi connectivity index (χ2n) is 1.93. The van der Waals surface area contributed by atoms with Gasteiger partial charge in [0.25, 0.3) is 0 Å². The summed E-state index contributed by atoms with van der Waals surface area (Å²) in [5.41, 5.74) is 0. The third-order valence-electron chi connectivity index (χ3n) is 0.960. The van der Waals surface area contributed by atoms with Crippen molar-refractivity contribution in [1.82, 2.24) is 0 Å². The van der Waals surface area contributed by atoms with Gasteiger partial charge in [-0.1, -0.05) is 20.3 Å². The fourth-order valence-electron chi connectivity index (χ4n) is 0.109. The molecule has 0 aliphatic heterocycles. The Morgan fingerprint density at radius 2 is 1.56 bits per heavy atom. The van der Waals surface area contributed by atoms with Gasteiger partial charge in [0.05, 0.1) is 13.3 Å². The molecule has 0 nitrogen and oxygen atoms in total. The van der Waals surface area contributed by atoms with E-state index in [0.717, 1.165) is 6.42 Å². The summed E-state index contributed by atoms with van der Waals surface area (Å²) in [6, 6.07) is 0. The van der Waals surface area contributed by atoms with Crippen molar-refractivity contribution in [2.75, 3.05) is 13.3 Å². The van der Waals surface area contributed by atoms with Crippen molar-refractivity contribution in [3.8, 4) is 0 Å². The molecule has 0 fully saturated rings. The minimum Gasteiger partial charge on any atom is -0.251 e. The van der Waals surface area contributed by atoms with E-state index in [1.165, 1.54) is 6.92 Å². The first-order valence-corrected chi connectivity index (χ1v) is 3.34. The molecular weight excluding hydrogens is 122 g/mol. The van der Waals surface area contributed by atoms with E-state index in [1.54, 1.807) is 0 Å². The molecular formula is C7H16F2. The number of alkyl halides is 2. The molecule has 1 atom stereocenters. The van der Waals surface area contributed by atoms with Crippen LogP contribution >= 0.6 is 0 Å². The lowest BCUT2D eigenvalue weighted by atomic mass is 10.1. The number of rotatable bonds is 2. The monoisotopic (exact) mass is 138 g/mol. The summed E-state index contributed by atoms with van der Waals surface area (Å²) in [6.45, 7) is 4.93. The third-order valence-corrected chi connectivity index (χ3v) is 0.960. The zero-order valence-electron chi connectivity index (χ0n) is 6.45. The molecule has 0 aromatic carbocycles. The minimum atomic E-state index is -0.250. The molecule has 9 heavy (non-hydrogen) atoms. The van der Waals surface area contributed by atoms with Crippen molar-refractivity contribution in [1.29, 1.82) is 0 Å². The average molecular weight is 138 g/mol. The number of hydrogen-bond donors (Lipinski definition) is 0. The molecule has 0 saturated heterocycles. The zero-order chi connectivity index (χ0) is 7.70. The van der Waals surface area contributed by atoms with Gasteiger partial charge in [0.2, 0.25) is 0 Å². The van der Waals surface area contributed by atoms with Gasteiger partial charge < -0.3 is 0 Å². The van der Waals surface area contributed by atoms with Crippen molar-refractivity contribution < 1.29 is 8.78 Å². The molecule has 0 N–H and O–H groups in total. The van der Waals surface area contributed by atoms with Gasteiger partial charge in [0.15, 0.2) is 0 Å².